The molecular formula is C19H27NO. The average Bonchev–Trinajstić information content (AvgIpc) is 2.46. The van der Waals surface area contributed by atoms with Gasteiger partial charge in [-0.2, -0.15) is 0 Å². The summed E-state index contributed by atoms with van der Waals surface area (Å²) in [5, 5.41) is 0. The summed E-state index contributed by atoms with van der Waals surface area (Å²) in [6, 6.07) is 8.58. The van der Waals surface area contributed by atoms with E-state index in [2.05, 4.69) is 24.3 Å². The molecule has 2 N–H and O–H groups in total. The summed E-state index contributed by atoms with van der Waals surface area (Å²) in [7, 11) is 0. The first kappa shape index (κ1) is 13.6. The molecule has 21 heavy (non-hydrogen) atoms. The van der Waals surface area contributed by atoms with Gasteiger partial charge in [0.1, 0.15) is 5.75 Å². The van der Waals surface area contributed by atoms with E-state index in [4.69, 9.17) is 10.5 Å². The van der Waals surface area contributed by atoms with Crippen LogP contribution < -0.4 is 10.5 Å². The molecule has 1 aromatic rings. The molecule has 1 unspecified atom stereocenters. The van der Waals surface area contributed by atoms with Crippen LogP contribution in [0.1, 0.15) is 57.1 Å². The van der Waals surface area contributed by atoms with E-state index in [0.29, 0.717) is 12.0 Å². The molecule has 1 aromatic carbocycles. The third-order valence-electron chi connectivity index (χ3n) is 6.30. The van der Waals surface area contributed by atoms with Gasteiger partial charge in [0.15, 0.2) is 0 Å². The first-order valence-corrected chi connectivity index (χ1v) is 8.67. The highest BCUT2D eigenvalue weighted by atomic mass is 16.5. The van der Waals surface area contributed by atoms with Crippen molar-refractivity contribution in [3.05, 3.63) is 29.8 Å². The molecule has 2 nitrogen and oxygen atoms in total. The van der Waals surface area contributed by atoms with E-state index in [1.165, 1.54) is 44.1 Å². The molecule has 1 atom stereocenters. The predicted molar refractivity (Wildman–Crippen MR) is 85.1 cm³/mol. The maximum absolute atomic E-state index is 6.85. The molecule has 0 heterocycles. The summed E-state index contributed by atoms with van der Waals surface area (Å²) in [6.07, 6.45) is 8.46. The van der Waals surface area contributed by atoms with Crippen molar-refractivity contribution in [3.63, 3.8) is 0 Å². The Morgan fingerprint density at radius 1 is 1.10 bits per heavy atom. The molecule has 4 bridgehead atoms. The second-order valence-electron chi connectivity index (χ2n) is 7.73. The lowest BCUT2D eigenvalue weighted by molar-refractivity contribution is -0.0681. The molecule has 0 amide bonds. The van der Waals surface area contributed by atoms with Crippen LogP contribution in [-0.4, -0.2) is 6.61 Å². The zero-order chi connectivity index (χ0) is 14.4. The van der Waals surface area contributed by atoms with Crippen LogP contribution in [0, 0.1) is 23.2 Å². The molecule has 0 aliphatic heterocycles. The van der Waals surface area contributed by atoms with Gasteiger partial charge in [-0.25, -0.2) is 0 Å². The second-order valence-corrected chi connectivity index (χ2v) is 7.73. The van der Waals surface area contributed by atoms with Crippen LogP contribution in [0.2, 0.25) is 0 Å². The van der Waals surface area contributed by atoms with Gasteiger partial charge in [0, 0.05) is 11.6 Å². The lowest BCUT2D eigenvalue weighted by Crippen LogP contribution is -2.50. The van der Waals surface area contributed by atoms with E-state index in [9.17, 15) is 0 Å². The number of hydrogen-bond acceptors (Lipinski definition) is 2. The van der Waals surface area contributed by atoms with Gasteiger partial charge in [0.05, 0.1) is 6.61 Å². The van der Waals surface area contributed by atoms with Crippen LogP contribution >= 0.6 is 0 Å². The van der Waals surface area contributed by atoms with Crippen molar-refractivity contribution in [1.29, 1.82) is 0 Å². The van der Waals surface area contributed by atoms with Gasteiger partial charge in [-0.15, -0.1) is 0 Å². The Morgan fingerprint density at radius 3 is 2.24 bits per heavy atom. The highest BCUT2D eigenvalue weighted by Crippen LogP contribution is 2.63. The van der Waals surface area contributed by atoms with Crippen LogP contribution in [0.15, 0.2) is 24.3 Å². The van der Waals surface area contributed by atoms with Crippen molar-refractivity contribution in [2.75, 3.05) is 6.61 Å². The Bertz CT molecular complexity index is 489. The van der Waals surface area contributed by atoms with Gasteiger partial charge in [-0.05, 0) is 74.7 Å². The van der Waals surface area contributed by atoms with Gasteiger partial charge in [-0.1, -0.05) is 18.2 Å². The molecule has 0 spiro atoms. The molecule has 4 saturated carbocycles. The number of ether oxygens (including phenoxy) is 1. The average molecular weight is 285 g/mol. The maximum atomic E-state index is 6.85. The number of benzene rings is 1. The van der Waals surface area contributed by atoms with Crippen LogP contribution in [0.5, 0.6) is 5.75 Å². The van der Waals surface area contributed by atoms with E-state index in [0.717, 1.165) is 23.5 Å². The monoisotopic (exact) mass is 285 g/mol. The predicted octanol–water partition coefficient (Wildman–Crippen LogP) is 4.30. The van der Waals surface area contributed by atoms with Crippen LogP contribution in [0.25, 0.3) is 0 Å². The van der Waals surface area contributed by atoms with Crippen molar-refractivity contribution >= 4 is 0 Å². The van der Waals surface area contributed by atoms with Crippen LogP contribution in [0.4, 0.5) is 0 Å². The summed E-state index contributed by atoms with van der Waals surface area (Å²) in [6.45, 7) is 2.76. The van der Waals surface area contributed by atoms with Crippen LogP contribution in [-0.2, 0) is 0 Å². The smallest absolute Gasteiger partial charge is 0.124 e. The Balaban J connectivity index is 1.67. The highest BCUT2D eigenvalue weighted by Gasteiger charge is 2.53. The first-order chi connectivity index (χ1) is 10.2. The Morgan fingerprint density at radius 2 is 1.67 bits per heavy atom. The quantitative estimate of drug-likeness (QED) is 0.895. The van der Waals surface area contributed by atoms with E-state index in [-0.39, 0.29) is 6.04 Å². The van der Waals surface area contributed by atoms with Gasteiger partial charge < -0.3 is 10.5 Å². The SMILES string of the molecule is CCOc1ccccc1C(N)C12CC3CC(CC(C3)C1)C2. The fourth-order valence-corrected chi connectivity index (χ4v) is 5.91. The molecule has 5 rings (SSSR count). The standard InChI is InChI=1S/C19H27NO/c1-2-21-17-6-4-3-5-16(17)18(20)19-10-13-7-14(11-19)9-15(8-13)12-19/h3-6,13-15,18H,2,7-12,20H2,1H3. The molecule has 4 fully saturated rings. The topological polar surface area (TPSA) is 35.2 Å². The van der Waals surface area contributed by atoms with Gasteiger partial charge in [0.25, 0.3) is 0 Å². The minimum atomic E-state index is 0.147. The fourth-order valence-electron chi connectivity index (χ4n) is 5.91. The minimum absolute atomic E-state index is 0.147. The van der Waals surface area contributed by atoms with E-state index in [1.54, 1.807) is 0 Å². The summed E-state index contributed by atoms with van der Waals surface area (Å²) in [5.74, 6) is 3.84. The summed E-state index contributed by atoms with van der Waals surface area (Å²) < 4.78 is 5.84. The molecule has 114 valence electrons. The summed E-state index contributed by atoms with van der Waals surface area (Å²) in [5.41, 5.74) is 8.43. The molecule has 2 heteroatoms. The van der Waals surface area contributed by atoms with Crippen LogP contribution in [0.3, 0.4) is 0 Å². The number of hydrogen-bond donors (Lipinski definition) is 1. The fraction of sp³-hybridized carbons (Fsp3) is 0.684. The zero-order valence-electron chi connectivity index (χ0n) is 13.1. The lowest BCUT2D eigenvalue weighted by Gasteiger charge is -2.59. The normalized spacial score (nSPS) is 38.5. The van der Waals surface area contributed by atoms with Crippen molar-refractivity contribution < 1.29 is 4.74 Å². The molecule has 4 aliphatic carbocycles. The first-order valence-electron chi connectivity index (χ1n) is 8.67. The Kier molecular flexibility index (Phi) is 3.25. The van der Waals surface area contributed by atoms with Crippen molar-refractivity contribution in [3.8, 4) is 5.75 Å². The number of nitrogens with two attached hydrogens (primary N) is 1. The Labute approximate surface area is 128 Å². The maximum Gasteiger partial charge on any atom is 0.124 e. The minimum Gasteiger partial charge on any atom is -0.494 e. The van der Waals surface area contributed by atoms with Crippen molar-refractivity contribution in [1.82, 2.24) is 0 Å². The summed E-state index contributed by atoms with van der Waals surface area (Å²) in [4.78, 5) is 0. The second kappa shape index (κ2) is 5.01. The zero-order valence-corrected chi connectivity index (χ0v) is 13.1. The molecular weight excluding hydrogens is 258 g/mol. The lowest BCUT2D eigenvalue weighted by atomic mass is 9.47. The molecule has 0 aromatic heterocycles. The Hall–Kier alpha value is -1.02. The van der Waals surface area contributed by atoms with E-state index < -0.39 is 0 Å². The van der Waals surface area contributed by atoms with E-state index >= 15 is 0 Å². The highest BCUT2D eigenvalue weighted by molar-refractivity contribution is 5.37. The van der Waals surface area contributed by atoms with Crippen molar-refractivity contribution in [2.24, 2.45) is 28.9 Å². The molecule has 4 aliphatic rings. The van der Waals surface area contributed by atoms with Gasteiger partial charge >= 0.3 is 0 Å². The number of para-hydroxylation sites is 1. The third-order valence-corrected chi connectivity index (χ3v) is 6.30. The van der Waals surface area contributed by atoms with E-state index in [1.807, 2.05) is 6.92 Å². The van der Waals surface area contributed by atoms with Crippen molar-refractivity contribution in [2.45, 2.75) is 51.5 Å². The third kappa shape index (κ3) is 2.19. The van der Waals surface area contributed by atoms with Gasteiger partial charge in [-0.3, -0.25) is 0 Å². The number of rotatable bonds is 4. The molecule has 0 saturated heterocycles. The summed E-state index contributed by atoms with van der Waals surface area (Å²) >= 11 is 0. The molecule has 0 radical (unpaired) electrons. The van der Waals surface area contributed by atoms with Gasteiger partial charge in [0.2, 0.25) is 0 Å². The largest absolute Gasteiger partial charge is 0.494 e.